The molecule has 2 aromatic rings. The molecule has 1 heterocycles. The van der Waals surface area contributed by atoms with E-state index in [-0.39, 0.29) is 0 Å². The van der Waals surface area contributed by atoms with Gasteiger partial charge in [-0.25, -0.2) is 0 Å². The minimum Gasteiger partial charge on any atom is -0.398 e. The van der Waals surface area contributed by atoms with E-state index in [1.165, 1.54) is 0 Å². The Hall–Kier alpha value is -1.48. The molecule has 0 saturated heterocycles. The molecule has 3 nitrogen and oxygen atoms in total. The normalized spacial score (nSPS) is 12.3. The van der Waals surface area contributed by atoms with Crippen LogP contribution in [0.15, 0.2) is 24.4 Å². The van der Waals surface area contributed by atoms with Crippen LogP contribution in [0.3, 0.4) is 0 Å². The zero-order valence-electron chi connectivity index (χ0n) is 9.28. The van der Waals surface area contributed by atoms with Crippen LogP contribution in [0.4, 0.5) is 5.69 Å². The summed E-state index contributed by atoms with van der Waals surface area (Å²) in [6.07, 6.45) is 1.97. The Labute approximate surface area is 89.1 Å². The van der Waals surface area contributed by atoms with Crippen LogP contribution >= 0.6 is 0 Å². The second kappa shape index (κ2) is 3.00. The Morgan fingerprint density at radius 2 is 1.93 bits per heavy atom. The van der Waals surface area contributed by atoms with Crippen LogP contribution in [0, 0.1) is 0 Å². The Morgan fingerprint density at radius 1 is 1.27 bits per heavy atom. The number of hydrogen-bond acceptors (Lipinski definition) is 2. The number of aromatic nitrogens is 1. The number of anilines is 1. The van der Waals surface area contributed by atoms with E-state index in [4.69, 9.17) is 5.73 Å². The van der Waals surface area contributed by atoms with E-state index in [0.29, 0.717) is 5.69 Å². The quantitative estimate of drug-likeness (QED) is 0.698. The molecule has 0 radical (unpaired) electrons. The summed E-state index contributed by atoms with van der Waals surface area (Å²) in [5.74, 6) is 0. The molecule has 0 unspecified atom stereocenters. The van der Waals surface area contributed by atoms with Crippen molar-refractivity contribution in [2.24, 2.45) is 7.05 Å². The zero-order chi connectivity index (χ0) is 11.2. The predicted octanol–water partition coefficient (Wildman–Crippen LogP) is 1.99. The monoisotopic (exact) mass is 204 g/mol. The Kier molecular flexibility index (Phi) is 2.01. The van der Waals surface area contributed by atoms with Crippen molar-refractivity contribution in [3.63, 3.8) is 0 Å². The first-order valence-electron chi connectivity index (χ1n) is 4.97. The molecule has 2 rings (SSSR count). The first-order chi connectivity index (χ1) is 6.91. The third-order valence-corrected chi connectivity index (χ3v) is 2.71. The summed E-state index contributed by atoms with van der Waals surface area (Å²) in [6, 6.07) is 5.80. The van der Waals surface area contributed by atoms with Gasteiger partial charge in [0.05, 0.1) is 5.60 Å². The third kappa shape index (κ3) is 1.49. The van der Waals surface area contributed by atoms with Gasteiger partial charge in [-0.3, -0.25) is 0 Å². The lowest BCUT2D eigenvalue weighted by Gasteiger charge is -2.21. The van der Waals surface area contributed by atoms with Gasteiger partial charge in [-0.15, -0.1) is 0 Å². The molecular formula is C12H16N2O. The summed E-state index contributed by atoms with van der Waals surface area (Å²) in [5.41, 5.74) is 7.53. The van der Waals surface area contributed by atoms with Crippen LogP contribution in [0.25, 0.3) is 10.9 Å². The largest absolute Gasteiger partial charge is 0.398 e. The van der Waals surface area contributed by atoms with Crippen molar-refractivity contribution in [1.82, 2.24) is 4.57 Å². The zero-order valence-corrected chi connectivity index (χ0v) is 9.28. The predicted molar refractivity (Wildman–Crippen MR) is 62.6 cm³/mol. The number of aryl methyl sites for hydroxylation is 1. The van der Waals surface area contributed by atoms with Crippen LogP contribution < -0.4 is 5.73 Å². The van der Waals surface area contributed by atoms with Crippen LogP contribution in [-0.2, 0) is 12.6 Å². The van der Waals surface area contributed by atoms with Gasteiger partial charge in [0.1, 0.15) is 0 Å². The van der Waals surface area contributed by atoms with E-state index in [1.807, 2.05) is 36.0 Å². The molecule has 0 aliphatic carbocycles. The Balaban J connectivity index is 2.87. The summed E-state index contributed by atoms with van der Waals surface area (Å²) in [4.78, 5) is 0. The van der Waals surface area contributed by atoms with Crippen LogP contribution in [0.1, 0.15) is 19.4 Å². The Bertz CT molecular complexity index is 506. The van der Waals surface area contributed by atoms with Gasteiger partial charge in [0, 0.05) is 35.4 Å². The number of fused-ring (bicyclic) bond motifs is 1. The molecule has 0 spiro atoms. The van der Waals surface area contributed by atoms with E-state index >= 15 is 0 Å². The molecular weight excluding hydrogens is 188 g/mol. The minimum atomic E-state index is -0.912. The molecule has 1 aromatic heterocycles. The van der Waals surface area contributed by atoms with Crippen molar-refractivity contribution in [2.75, 3.05) is 5.73 Å². The van der Waals surface area contributed by atoms with E-state index in [0.717, 1.165) is 16.5 Å². The summed E-state index contributed by atoms with van der Waals surface area (Å²) < 4.78 is 2.02. The number of hydrogen-bond donors (Lipinski definition) is 2. The van der Waals surface area contributed by atoms with E-state index in [2.05, 4.69) is 0 Å². The number of rotatable bonds is 1. The average Bonchev–Trinajstić information content (AvgIpc) is 2.45. The maximum atomic E-state index is 10.1. The van der Waals surface area contributed by atoms with Gasteiger partial charge in [-0.05, 0) is 32.0 Å². The molecule has 80 valence electrons. The molecule has 0 aliphatic rings. The second-order valence-electron chi connectivity index (χ2n) is 4.45. The van der Waals surface area contributed by atoms with Gasteiger partial charge >= 0.3 is 0 Å². The van der Waals surface area contributed by atoms with E-state index < -0.39 is 5.60 Å². The van der Waals surface area contributed by atoms with Crippen molar-refractivity contribution in [3.8, 4) is 0 Å². The third-order valence-electron chi connectivity index (χ3n) is 2.71. The number of nitrogens with two attached hydrogens (primary N) is 1. The molecule has 0 fully saturated rings. The number of benzene rings is 1. The fraction of sp³-hybridized carbons (Fsp3) is 0.333. The SMILES string of the molecule is Cn1ccc2c(C(C)(C)O)c(N)ccc21. The second-order valence-corrected chi connectivity index (χ2v) is 4.45. The van der Waals surface area contributed by atoms with E-state index in [9.17, 15) is 5.11 Å². The Morgan fingerprint density at radius 3 is 2.53 bits per heavy atom. The van der Waals surface area contributed by atoms with Gasteiger partial charge in [-0.1, -0.05) is 0 Å². The molecule has 0 bridgehead atoms. The van der Waals surface area contributed by atoms with Crippen molar-refractivity contribution in [2.45, 2.75) is 19.4 Å². The summed E-state index contributed by atoms with van der Waals surface area (Å²) in [7, 11) is 1.98. The van der Waals surface area contributed by atoms with Crippen molar-refractivity contribution in [1.29, 1.82) is 0 Å². The summed E-state index contributed by atoms with van der Waals surface area (Å²) in [6.45, 7) is 3.51. The van der Waals surface area contributed by atoms with E-state index in [1.54, 1.807) is 13.8 Å². The van der Waals surface area contributed by atoms with Gasteiger partial charge in [-0.2, -0.15) is 0 Å². The van der Waals surface area contributed by atoms with Gasteiger partial charge in [0.25, 0.3) is 0 Å². The lowest BCUT2D eigenvalue weighted by Crippen LogP contribution is -2.18. The van der Waals surface area contributed by atoms with Crippen LogP contribution in [-0.4, -0.2) is 9.67 Å². The highest BCUT2D eigenvalue weighted by molar-refractivity contribution is 5.88. The van der Waals surface area contributed by atoms with Crippen molar-refractivity contribution in [3.05, 3.63) is 30.0 Å². The summed E-state index contributed by atoms with van der Waals surface area (Å²) >= 11 is 0. The molecule has 0 atom stereocenters. The maximum absolute atomic E-state index is 10.1. The average molecular weight is 204 g/mol. The molecule has 0 saturated carbocycles. The molecule has 15 heavy (non-hydrogen) atoms. The highest BCUT2D eigenvalue weighted by Crippen LogP contribution is 2.33. The molecule has 0 amide bonds. The van der Waals surface area contributed by atoms with Gasteiger partial charge in [0.15, 0.2) is 0 Å². The lowest BCUT2D eigenvalue weighted by molar-refractivity contribution is 0.0810. The number of nitrogens with zero attached hydrogens (tertiary/aromatic N) is 1. The topological polar surface area (TPSA) is 51.2 Å². The maximum Gasteiger partial charge on any atom is 0.0867 e. The van der Waals surface area contributed by atoms with Crippen molar-refractivity contribution >= 4 is 16.6 Å². The molecule has 3 heteroatoms. The number of nitrogen functional groups attached to an aromatic ring is 1. The standard InChI is InChI=1S/C12H16N2O/c1-12(2,15)11-8-6-7-14(3)10(8)5-4-9(11)13/h4-7,15H,13H2,1-3H3. The highest BCUT2D eigenvalue weighted by Gasteiger charge is 2.22. The molecule has 3 N–H and O–H groups in total. The minimum absolute atomic E-state index is 0.640. The fourth-order valence-electron chi connectivity index (χ4n) is 2.05. The van der Waals surface area contributed by atoms with Crippen LogP contribution in [0.5, 0.6) is 0 Å². The van der Waals surface area contributed by atoms with Gasteiger partial charge < -0.3 is 15.4 Å². The first-order valence-corrected chi connectivity index (χ1v) is 4.97. The first kappa shape index (κ1) is 10.1. The number of aliphatic hydroxyl groups is 1. The smallest absolute Gasteiger partial charge is 0.0867 e. The van der Waals surface area contributed by atoms with Crippen LogP contribution in [0.2, 0.25) is 0 Å². The summed E-state index contributed by atoms with van der Waals surface area (Å²) in [5, 5.41) is 11.1. The fourth-order valence-corrected chi connectivity index (χ4v) is 2.05. The van der Waals surface area contributed by atoms with Crippen molar-refractivity contribution < 1.29 is 5.11 Å². The lowest BCUT2D eigenvalue weighted by atomic mass is 9.93. The highest BCUT2D eigenvalue weighted by atomic mass is 16.3. The van der Waals surface area contributed by atoms with Gasteiger partial charge in [0.2, 0.25) is 0 Å². The molecule has 1 aromatic carbocycles. The molecule has 0 aliphatic heterocycles.